The Morgan fingerprint density at radius 2 is 1.62 bits per heavy atom. The number of aromatic nitrogens is 2. The van der Waals surface area contributed by atoms with Crippen molar-refractivity contribution in [3.8, 4) is 0 Å². The third-order valence-corrected chi connectivity index (χ3v) is 17.8. The normalized spacial score (nSPS) is 39.7. The highest BCUT2D eigenvalue weighted by atomic mass is 35.5. The van der Waals surface area contributed by atoms with Crippen LogP contribution in [0.25, 0.3) is 0 Å². The minimum Gasteiger partial charge on any atom is -0.481 e. The number of amides is 1. The van der Waals surface area contributed by atoms with Crippen LogP contribution in [-0.2, 0) is 29.4 Å². The molecule has 11 heteroatoms. The molecule has 2 heterocycles. The Balaban J connectivity index is 1.08. The molecular formula is C45H62ClN3O7. The van der Waals surface area contributed by atoms with E-state index in [0.29, 0.717) is 35.6 Å². The Kier molecular flexibility index (Phi) is 9.06. The number of halogens is 1. The summed E-state index contributed by atoms with van der Waals surface area (Å²) < 4.78 is 12.6. The third kappa shape index (κ3) is 5.44. The number of rotatable bonds is 8. The number of cyclic esters (lactones) is 1. The predicted octanol–water partition coefficient (Wildman–Crippen LogP) is 9.33. The number of carbonyl (C=O) groups is 4. The summed E-state index contributed by atoms with van der Waals surface area (Å²) in [6.07, 6.45) is 11.6. The molecule has 0 radical (unpaired) electrons. The lowest BCUT2D eigenvalue weighted by molar-refractivity contribution is -0.234. The second kappa shape index (κ2) is 12.7. The summed E-state index contributed by atoms with van der Waals surface area (Å²) in [5.74, 6) is 0.483. The molecule has 5 saturated carbocycles. The zero-order valence-corrected chi connectivity index (χ0v) is 35.7. The van der Waals surface area contributed by atoms with Crippen LogP contribution in [0.15, 0.2) is 23.5 Å². The minimum absolute atomic E-state index is 0.0154. The van der Waals surface area contributed by atoms with E-state index < -0.39 is 34.4 Å². The van der Waals surface area contributed by atoms with Crippen molar-refractivity contribution in [2.75, 3.05) is 6.54 Å². The van der Waals surface area contributed by atoms with E-state index in [4.69, 9.17) is 21.1 Å². The second-order valence-electron chi connectivity index (χ2n) is 21.3. The number of allylic oxidation sites excluding steroid dienone is 1. The van der Waals surface area contributed by atoms with Gasteiger partial charge in [0.2, 0.25) is 0 Å². The maximum Gasteiger partial charge on any atom is 0.411 e. The molecule has 0 unspecified atom stereocenters. The number of hydrogen-bond donors (Lipinski definition) is 1. The van der Waals surface area contributed by atoms with Gasteiger partial charge in [-0.3, -0.25) is 19.3 Å². The fraction of sp³-hybridized carbons (Fsp3) is 0.778. The van der Waals surface area contributed by atoms with Crippen LogP contribution >= 0.6 is 11.6 Å². The van der Waals surface area contributed by atoms with E-state index in [0.717, 1.165) is 69.8 Å². The number of ether oxygens (including phenoxy) is 2. The molecule has 9 atom stereocenters. The molecule has 306 valence electrons. The maximum atomic E-state index is 14.3. The van der Waals surface area contributed by atoms with E-state index in [1.807, 2.05) is 4.90 Å². The first-order chi connectivity index (χ1) is 26.1. The van der Waals surface area contributed by atoms with Gasteiger partial charge in [0.1, 0.15) is 17.7 Å². The van der Waals surface area contributed by atoms with Gasteiger partial charge in [-0.15, -0.1) is 0 Å². The average molecular weight is 792 g/mol. The van der Waals surface area contributed by atoms with E-state index in [9.17, 15) is 24.3 Å². The van der Waals surface area contributed by atoms with Crippen LogP contribution in [0, 0.1) is 56.2 Å². The number of hydrogen-bond acceptors (Lipinski definition) is 8. The SMILES string of the molecule is CC(C)C1=C2[C@H]3CC[C@@H]4[C@@]5(C)CC[C@H](OC(=O)CC(C)(C)C(=O)O)C(C)(C)[C@@H]5CC[C@@]4(C)[C@]3(C)CC[C@]2([C@H]2CN(C3(c4ncc(Cl)cn4)CC3)C(=O)O2)CC1=O. The Bertz CT molecular complexity index is 1890. The summed E-state index contributed by atoms with van der Waals surface area (Å²) in [4.78, 5) is 64.1. The lowest BCUT2D eigenvalue weighted by atomic mass is 9.33. The maximum absolute atomic E-state index is 14.3. The molecule has 1 aromatic heterocycles. The average Bonchev–Trinajstić information content (AvgIpc) is 3.71. The molecule has 1 saturated heterocycles. The van der Waals surface area contributed by atoms with Gasteiger partial charge in [-0.05, 0) is 129 Å². The van der Waals surface area contributed by atoms with Gasteiger partial charge in [-0.1, -0.05) is 60.1 Å². The lowest BCUT2D eigenvalue weighted by Gasteiger charge is -2.72. The molecule has 10 nitrogen and oxygen atoms in total. The first-order valence-electron chi connectivity index (χ1n) is 21.2. The molecule has 1 aliphatic heterocycles. The molecule has 0 spiro atoms. The highest BCUT2D eigenvalue weighted by Gasteiger charge is 2.72. The van der Waals surface area contributed by atoms with Gasteiger partial charge in [0.25, 0.3) is 0 Å². The number of Topliss-reactive ketones (excluding diaryl/α,β-unsaturated/α-hetero) is 1. The molecular weight excluding hydrogens is 730 g/mol. The van der Waals surface area contributed by atoms with Crippen LogP contribution in [0.4, 0.5) is 4.79 Å². The summed E-state index contributed by atoms with van der Waals surface area (Å²) in [6, 6.07) is 0. The van der Waals surface area contributed by atoms with Gasteiger partial charge in [0, 0.05) is 29.6 Å². The quantitative estimate of drug-likeness (QED) is 0.256. The second-order valence-corrected chi connectivity index (χ2v) is 21.7. The number of aliphatic carboxylic acids is 1. The minimum atomic E-state index is -1.18. The largest absolute Gasteiger partial charge is 0.481 e. The highest BCUT2D eigenvalue weighted by Crippen LogP contribution is 2.77. The number of carboxylic acids is 1. The van der Waals surface area contributed by atoms with Crippen LogP contribution in [0.2, 0.25) is 5.02 Å². The van der Waals surface area contributed by atoms with Crippen LogP contribution in [0.5, 0.6) is 0 Å². The van der Waals surface area contributed by atoms with E-state index in [1.54, 1.807) is 26.2 Å². The standard InChI is InChI=1S/C45H62ClN3O7/c1-25(2)34-28(50)20-44(32-24-49(38(54)56-32)45(18-19-45)36-47-22-26(46)23-48-36)17-16-42(8)27(35(34)44)10-11-30-41(7)14-13-31(55-33(51)21-39(3,4)37(52)53)40(5,6)29(41)12-15-43(30,42)9/h22-23,25,27,29-32H,10-21,24H2,1-9H3,(H,52,53)/t27-,29+,30-,31+,32-,41+,42-,43-,44-/m1/s1. The molecule has 1 aromatic rings. The van der Waals surface area contributed by atoms with Gasteiger partial charge in [0.05, 0.1) is 23.4 Å². The van der Waals surface area contributed by atoms with Gasteiger partial charge in [-0.2, -0.15) is 0 Å². The first kappa shape index (κ1) is 39.8. The molecule has 7 aliphatic rings. The van der Waals surface area contributed by atoms with Gasteiger partial charge >= 0.3 is 18.0 Å². The van der Waals surface area contributed by atoms with Crippen LogP contribution in [0.1, 0.15) is 145 Å². The molecule has 6 fully saturated rings. The highest BCUT2D eigenvalue weighted by molar-refractivity contribution is 6.30. The molecule has 6 aliphatic carbocycles. The smallest absolute Gasteiger partial charge is 0.411 e. The van der Waals surface area contributed by atoms with Crippen LogP contribution < -0.4 is 0 Å². The van der Waals surface area contributed by atoms with E-state index in [-0.39, 0.29) is 57.9 Å². The van der Waals surface area contributed by atoms with Crippen molar-refractivity contribution >= 4 is 35.4 Å². The van der Waals surface area contributed by atoms with Crippen molar-refractivity contribution in [1.29, 1.82) is 0 Å². The number of nitrogens with zero attached hydrogens (tertiary/aromatic N) is 3. The van der Waals surface area contributed by atoms with Crippen molar-refractivity contribution in [2.45, 2.75) is 157 Å². The fourth-order valence-corrected chi connectivity index (χ4v) is 14.4. The zero-order chi connectivity index (χ0) is 40.6. The van der Waals surface area contributed by atoms with Crippen molar-refractivity contribution in [3.05, 3.63) is 34.4 Å². The van der Waals surface area contributed by atoms with Crippen LogP contribution in [0.3, 0.4) is 0 Å². The van der Waals surface area contributed by atoms with E-state index >= 15 is 0 Å². The number of fused-ring (bicyclic) bond motifs is 7. The monoisotopic (exact) mass is 791 g/mol. The van der Waals surface area contributed by atoms with E-state index in [2.05, 4.69) is 58.4 Å². The van der Waals surface area contributed by atoms with Gasteiger partial charge < -0.3 is 14.6 Å². The van der Waals surface area contributed by atoms with Crippen LogP contribution in [-0.4, -0.2) is 62.5 Å². The Morgan fingerprint density at radius 3 is 2.25 bits per heavy atom. The molecule has 0 aromatic carbocycles. The number of carboxylic acid groups (broad SMARTS) is 1. The lowest BCUT2D eigenvalue weighted by Crippen LogP contribution is -2.66. The molecule has 8 rings (SSSR count). The summed E-state index contributed by atoms with van der Waals surface area (Å²) in [5, 5.41) is 10.1. The fourth-order valence-electron chi connectivity index (χ4n) is 14.3. The first-order valence-corrected chi connectivity index (χ1v) is 21.6. The summed E-state index contributed by atoms with van der Waals surface area (Å²) >= 11 is 6.13. The van der Waals surface area contributed by atoms with Crippen molar-refractivity contribution in [1.82, 2.24) is 14.9 Å². The van der Waals surface area contributed by atoms with Gasteiger partial charge in [0.15, 0.2) is 11.6 Å². The zero-order valence-electron chi connectivity index (χ0n) is 34.9. The Hall–Kier alpha value is -3.01. The molecule has 0 bridgehead atoms. The van der Waals surface area contributed by atoms with Crippen molar-refractivity contribution < 1.29 is 33.8 Å². The summed E-state index contributed by atoms with van der Waals surface area (Å²) in [5.41, 5.74) is -0.290. The molecule has 56 heavy (non-hydrogen) atoms. The Morgan fingerprint density at radius 1 is 0.946 bits per heavy atom. The summed E-state index contributed by atoms with van der Waals surface area (Å²) in [6.45, 7) is 20.0. The van der Waals surface area contributed by atoms with Gasteiger partial charge in [-0.25, -0.2) is 14.8 Å². The third-order valence-electron chi connectivity index (χ3n) is 17.6. The molecule has 1 N–H and O–H groups in total. The number of ketones is 1. The summed E-state index contributed by atoms with van der Waals surface area (Å²) in [7, 11) is 0. The van der Waals surface area contributed by atoms with E-state index in [1.165, 1.54) is 5.57 Å². The topological polar surface area (TPSA) is 136 Å². The van der Waals surface area contributed by atoms with Crippen molar-refractivity contribution in [3.63, 3.8) is 0 Å². The Labute approximate surface area is 337 Å². The van der Waals surface area contributed by atoms with Crippen molar-refractivity contribution in [2.24, 2.45) is 56.2 Å². The number of esters is 1. The predicted molar refractivity (Wildman–Crippen MR) is 210 cm³/mol. The number of carbonyl (C=O) groups excluding carboxylic acids is 3. The molecule has 1 amide bonds.